The Kier molecular flexibility index (Phi) is 6.73. The number of aromatic nitrogens is 2. The first-order chi connectivity index (χ1) is 15.5. The van der Waals surface area contributed by atoms with E-state index in [0.29, 0.717) is 18.3 Å². The van der Waals surface area contributed by atoms with E-state index in [9.17, 15) is 4.79 Å². The van der Waals surface area contributed by atoms with Gasteiger partial charge in [-0.15, -0.1) is 11.3 Å². The van der Waals surface area contributed by atoms with Gasteiger partial charge in [0.25, 0.3) is 0 Å². The van der Waals surface area contributed by atoms with Crippen molar-refractivity contribution < 1.29 is 9.90 Å². The lowest BCUT2D eigenvalue weighted by molar-refractivity contribution is 0.0697. The van der Waals surface area contributed by atoms with Crippen molar-refractivity contribution in [3.05, 3.63) is 106 Å². The van der Waals surface area contributed by atoms with Crippen molar-refractivity contribution in [3.63, 3.8) is 0 Å². The molecule has 2 aromatic carbocycles. The van der Waals surface area contributed by atoms with Crippen LogP contribution in [0.15, 0.2) is 78.3 Å². The van der Waals surface area contributed by atoms with Gasteiger partial charge in [0, 0.05) is 23.2 Å². The summed E-state index contributed by atoms with van der Waals surface area (Å²) in [5, 5.41) is 14.7. The van der Waals surface area contributed by atoms with Crippen LogP contribution in [0.3, 0.4) is 0 Å². The molecule has 0 aliphatic rings. The molecule has 0 aliphatic carbocycles. The lowest BCUT2D eigenvalue weighted by atomic mass is 10.0. The van der Waals surface area contributed by atoms with Crippen molar-refractivity contribution in [1.82, 2.24) is 15.3 Å². The second-order valence-corrected chi connectivity index (χ2v) is 8.89. The van der Waals surface area contributed by atoms with Gasteiger partial charge in [0.15, 0.2) is 5.82 Å². The van der Waals surface area contributed by atoms with Crippen molar-refractivity contribution in [2.45, 2.75) is 32.4 Å². The highest BCUT2D eigenvalue weighted by molar-refractivity contribution is 7.10. The van der Waals surface area contributed by atoms with Crippen LogP contribution in [0, 0.1) is 0 Å². The average molecular weight is 444 g/mol. The van der Waals surface area contributed by atoms with Crippen LogP contribution in [0.2, 0.25) is 0 Å². The average Bonchev–Trinajstić information content (AvgIpc) is 3.34. The number of benzene rings is 2. The van der Waals surface area contributed by atoms with E-state index in [2.05, 4.69) is 54.5 Å². The number of carbonyl (C=O) groups is 1. The smallest absolute Gasteiger partial charge is 0.335 e. The summed E-state index contributed by atoms with van der Waals surface area (Å²) in [5.74, 6) is 0.273. The second-order valence-electron chi connectivity index (χ2n) is 7.91. The zero-order chi connectivity index (χ0) is 22.5. The normalized spacial score (nSPS) is 12.1. The molecule has 0 saturated heterocycles. The Hall–Kier alpha value is -3.35. The highest BCUT2D eigenvalue weighted by Gasteiger charge is 2.19. The van der Waals surface area contributed by atoms with Crippen molar-refractivity contribution in [3.8, 4) is 11.3 Å². The van der Waals surface area contributed by atoms with Crippen LogP contribution in [0.5, 0.6) is 0 Å². The molecule has 32 heavy (non-hydrogen) atoms. The fourth-order valence-corrected chi connectivity index (χ4v) is 4.27. The number of rotatable bonds is 8. The largest absolute Gasteiger partial charge is 0.478 e. The van der Waals surface area contributed by atoms with Gasteiger partial charge in [-0.3, -0.25) is 5.32 Å². The van der Waals surface area contributed by atoms with Crippen molar-refractivity contribution in [1.29, 1.82) is 0 Å². The summed E-state index contributed by atoms with van der Waals surface area (Å²) in [5.41, 5.74) is 4.53. The monoisotopic (exact) mass is 443 g/mol. The van der Waals surface area contributed by atoms with Gasteiger partial charge in [0.1, 0.15) is 6.04 Å². The predicted octanol–water partition coefficient (Wildman–Crippen LogP) is 5.91. The third kappa shape index (κ3) is 5.10. The molecule has 2 aromatic heterocycles. The molecule has 2 N–H and O–H groups in total. The second kappa shape index (κ2) is 9.85. The maximum Gasteiger partial charge on any atom is 0.335 e. The van der Waals surface area contributed by atoms with Gasteiger partial charge in [0.05, 0.1) is 11.3 Å². The number of aromatic carboxylic acids is 1. The third-order valence-electron chi connectivity index (χ3n) is 5.34. The van der Waals surface area contributed by atoms with Gasteiger partial charge in [-0.1, -0.05) is 56.3 Å². The van der Waals surface area contributed by atoms with Gasteiger partial charge in [-0.2, -0.15) is 0 Å². The third-order valence-corrected chi connectivity index (χ3v) is 6.28. The fraction of sp³-hybridized carbons (Fsp3) is 0.192. The highest BCUT2D eigenvalue weighted by atomic mass is 32.1. The number of carboxylic acids is 1. The van der Waals surface area contributed by atoms with Gasteiger partial charge in [-0.05, 0) is 46.7 Å². The molecule has 6 heteroatoms. The number of nitrogens with one attached hydrogen (secondary N) is 1. The predicted molar refractivity (Wildman–Crippen MR) is 128 cm³/mol. The Morgan fingerprint density at radius 3 is 2.41 bits per heavy atom. The van der Waals surface area contributed by atoms with E-state index >= 15 is 0 Å². The molecule has 0 saturated carbocycles. The maximum absolute atomic E-state index is 11.1. The molecule has 5 nitrogen and oxygen atoms in total. The molecule has 0 spiro atoms. The highest BCUT2D eigenvalue weighted by Crippen LogP contribution is 2.27. The van der Waals surface area contributed by atoms with Crippen LogP contribution in [0.25, 0.3) is 11.3 Å². The molecule has 4 aromatic rings. The standard InChI is InChI=1S/C26H25N3O2S/c1-17(2)19-9-11-20(12-10-19)22-13-14-27-25(29-22)24(23-4-3-15-32-23)28-16-18-5-7-21(8-6-18)26(30)31/h3-15,17,24,28H,16H2,1-2H3,(H,30,31). The molecule has 1 unspecified atom stereocenters. The Labute approximate surface area is 191 Å². The maximum atomic E-state index is 11.1. The minimum atomic E-state index is -0.924. The van der Waals surface area contributed by atoms with E-state index in [1.54, 1.807) is 29.7 Å². The van der Waals surface area contributed by atoms with Crippen LogP contribution in [-0.2, 0) is 6.54 Å². The van der Waals surface area contributed by atoms with E-state index in [-0.39, 0.29) is 11.6 Å². The molecule has 0 aliphatic heterocycles. The first-order valence-electron chi connectivity index (χ1n) is 10.5. The number of thiophene rings is 1. The molecule has 0 fully saturated rings. The summed E-state index contributed by atoms with van der Waals surface area (Å²) in [6.45, 7) is 4.94. The lowest BCUT2D eigenvalue weighted by Gasteiger charge is -2.17. The first-order valence-corrected chi connectivity index (χ1v) is 11.4. The van der Waals surface area contributed by atoms with Crippen molar-refractivity contribution >= 4 is 17.3 Å². The SMILES string of the molecule is CC(C)c1ccc(-c2ccnc(C(NCc3ccc(C(=O)O)cc3)c3cccs3)n2)cc1. The molecule has 0 radical (unpaired) electrons. The Morgan fingerprint density at radius 2 is 1.78 bits per heavy atom. The van der Waals surface area contributed by atoms with Gasteiger partial charge in [0.2, 0.25) is 0 Å². The van der Waals surface area contributed by atoms with Crippen LogP contribution in [0.4, 0.5) is 0 Å². The minimum absolute atomic E-state index is 0.163. The molecular weight excluding hydrogens is 418 g/mol. The molecule has 2 heterocycles. The Bertz CT molecular complexity index is 1170. The van der Waals surface area contributed by atoms with E-state index in [4.69, 9.17) is 10.1 Å². The number of hydrogen-bond acceptors (Lipinski definition) is 5. The fourth-order valence-electron chi connectivity index (χ4n) is 3.47. The molecular formula is C26H25N3O2S. The number of hydrogen-bond donors (Lipinski definition) is 2. The molecule has 162 valence electrons. The van der Waals surface area contributed by atoms with Crippen LogP contribution >= 0.6 is 11.3 Å². The van der Waals surface area contributed by atoms with Crippen molar-refractivity contribution in [2.75, 3.05) is 0 Å². The molecule has 4 rings (SSSR count). The van der Waals surface area contributed by atoms with Crippen molar-refractivity contribution in [2.24, 2.45) is 0 Å². The van der Waals surface area contributed by atoms with Crippen LogP contribution in [-0.4, -0.2) is 21.0 Å². The summed E-state index contributed by atoms with van der Waals surface area (Å²) in [6, 6.07) is 21.3. The van der Waals surface area contributed by atoms with Gasteiger partial charge >= 0.3 is 5.97 Å². The van der Waals surface area contributed by atoms with Crippen LogP contribution < -0.4 is 5.32 Å². The van der Waals surface area contributed by atoms with E-state index in [0.717, 1.165) is 21.7 Å². The lowest BCUT2D eigenvalue weighted by Crippen LogP contribution is -2.23. The topological polar surface area (TPSA) is 75.1 Å². The Balaban J connectivity index is 1.58. The summed E-state index contributed by atoms with van der Waals surface area (Å²) in [4.78, 5) is 21.7. The summed E-state index contributed by atoms with van der Waals surface area (Å²) < 4.78 is 0. The summed E-state index contributed by atoms with van der Waals surface area (Å²) in [7, 11) is 0. The molecule has 0 amide bonds. The van der Waals surface area contributed by atoms with E-state index in [1.807, 2.05) is 29.6 Å². The number of nitrogens with zero attached hydrogens (tertiary/aromatic N) is 2. The first kappa shape index (κ1) is 21.9. The zero-order valence-corrected chi connectivity index (χ0v) is 18.8. The Morgan fingerprint density at radius 1 is 1.03 bits per heavy atom. The zero-order valence-electron chi connectivity index (χ0n) is 18.0. The minimum Gasteiger partial charge on any atom is -0.478 e. The summed E-state index contributed by atoms with van der Waals surface area (Å²) >= 11 is 1.65. The van der Waals surface area contributed by atoms with Gasteiger partial charge in [-0.25, -0.2) is 14.8 Å². The van der Waals surface area contributed by atoms with E-state index in [1.165, 1.54) is 5.56 Å². The molecule has 0 bridgehead atoms. The van der Waals surface area contributed by atoms with Gasteiger partial charge < -0.3 is 5.11 Å². The molecule has 1 atom stereocenters. The van der Waals surface area contributed by atoms with E-state index < -0.39 is 5.97 Å². The van der Waals surface area contributed by atoms with Crippen LogP contribution in [0.1, 0.15) is 58.0 Å². The number of carboxylic acid groups (broad SMARTS) is 1. The quantitative estimate of drug-likeness (QED) is 0.354. The summed E-state index contributed by atoms with van der Waals surface area (Å²) in [6.07, 6.45) is 1.80.